The Hall–Kier alpha value is -3.31. The van der Waals surface area contributed by atoms with Gasteiger partial charge in [-0.2, -0.15) is 0 Å². The molecule has 1 aromatic carbocycles. The lowest BCUT2D eigenvalue weighted by molar-refractivity contribution is -0.844. The first kappa shape index (κ1) is 26.7. The molecule has 2 unspecified atom stereocenters. The van der Waals surface area contributed by atoms with Gasteiger partial charge in [0.1, 0.15) is 17.8 Å². The van der Waals surface area contributed by atoms with E-state index in [0.717, 1.165) is 5.56 Å². The maximum Gasteiger partial charge on any atom is 0.549 e. The molecule has 2 aliphatic rings. The molecule has 0 radical (unpaired) electrons. The Morgan fingerprint density at radius 2 is 1.89 bits per heavy atom. The van der Waals surface area contributed by atoms with Crippen molar-refractivity contribution in [1.82, 2.24) is 20.6 Å². The monoisotopic (exact) mass is 509 g/mol. The quantitative estimate of drug-likeness (QED) is 0.494. The second-order valence-corrected chi connectivity index (χ2v) is 10.8. The molecule has 0 aliphatic carbocycles. The molecule has 2 aromatic rings. The average molecular weight is 509 g/mol. The van der Waals surface area contributed by atoms with Crippen LogP contribution in [0.5, 0.6) is 0 Å². The number of hydrogen-bond donors (Lipinski definition) is 2. The third kappa shape index (κ3) is 4.97. The van der Waals surface area contributed by atoms with Gasteiger partial charge in [-0.3, -0.25) is 14.6 Å². The number of carbonyl (C=O) groups excluding carboxylic acids is 3. The van der Waals surface area contributed by atoms with Crippen LogP contribution in [0.15, 0.2) is 48.9 Å². The third-order valence-corrected chi connectivity index (χ3v) is 8.02. The molecule has 2 saturated heterocycles. The molecular weight excluding hydrogens is 473 g/mol. The number of nitrogens with one attached hydrogen (secondary N) is 2. The van der Waals surface area contributed by atoms with Crippen LogP contribution in [0.25, 0.3) is 0 Å². The number of rotatable bonds is 9. The van der Waals surface area contributed by atoms with Gasteiger partial charge in [-0.05, 0) is 25.3 Å². The number of amides is 2. The van der Waals surface area contributed by atoms with Crippen LogP contribution in [-0.2, 0) is 25.3 Å². The molecule has 0 saturated carbocycles. The Bertz CT molecular complexity index is 1140. The van der Waals surface area contributed by atoms with E-state index < -0.39 is 30.6 Å². The summed E-state index contributed by atoms with van der Waals surface area (Å²) in [5.74, 6) is -1.59. The van der Waals surface area contributed by atoms with Crippen molar-refractivity contribution in [3.05, 3.63) is 60.2 Å². The predicted octanol–water partition coefficient (Wildman–Crippen LogP) is 1.64. The maximum atomic E-state index is 13.8. The molecule has 0 spiro atoms. The van der Waals surface area contributed by atoms with Gasteiger partial charge in [-0.25, -0.2) is 9.78 Å². The lowest BCUT2D eigenvalue weighted by atomic mass is 9.57. The van der Waals surface area contributed by atoms with Crippen molar-refractivity contribution in [3.63, 3.8) is 0 Å². The van der Waals surface area contributed by atoms with Gasteiger partial charge in [0.15, 0.2) is 0 Å². The summed E-state index contributed by atoms with van der Waals surface area (Å²) in [6.45, 7) is 6.19. The van der Waals surface area contributed by atoms with Gasteiger partial charge in [0.25, 0.3) is 5.91 Å². The fourth-order valence-corrected chi connectivity index (χ4v) is 5.71. The largest absolute Gasteiger partial charge is 0.609 e. The van der Waals surface area contributed by atoms with E-state index in [0.29, 0.717) is 13.0 Å². The van der Waals surface area contributed by atoms with Gasteiger partial charge in [0, 0.05) is 31.8 Å². The Balaban J connectivity index is 1.64. The molecule has 3 heterocycles. The summed E-state index contributed by atoms with van der Waals surface area (Å²) < 4.78 is 12.6. The van der Waals surface area contributed by atoms with E-state index in [9.17, 15) is 14.4 Å². The summed E-state index contributed by atoms with van der Waals surface area (Å²) >= 11 is 0. The lowest BCUT2D eigenvalue weighted by Crippen LogP contribution is -2.74. The number of nitrogens with zero attached hydrogens (tertiary/aromatic N) is 3. The minimum Gasteiger partial charge on any atom is -0.609 e. The highest BCUT2D eigenvalue weighted by Crippen LogP contribution is 2.44. The summed E-state index contributed by atoms with van der Waals surface area (Å²) in [5.41, 5.74) is 1.00. The molecule has 198 valence electrons. The van der Waals surface area contributed by atoms with Crippen molar-refractivity contribution >= 4 is 24.5 Å². The van der Waals surface area contributed by atoms with Gasteiger partial charge in [0.05, 0.1) is 18.8 Å². The first-order chi connectivity index (χ1) is 17.6. The number of fused-ring (bicyclic) bond motifs is 1. The van der Waals surface area contributed by atoms with Crippen LogP contribution in [0.4, 0.5) is 0 Å². The van der Waals surface area contributed by atoms with Gasteiger partial charge < -0.3 is 24.3 Å². The van der Waals surface area contributed by atoms with Crippen LogP contribution in [-0.4, -0.2) is 76.6 Å². The van der Waals surface area contributed by atoms with Crippen molar-refractivity contribution in [2.24, 2.45) is 5.92 Å². The number of benzene rings is 1. The van der Waals surface area contributed by atoms with Gasteiger partial charge in [-0.1, -0.05) is 50.6 Å². The van der Waals surface area contributed by atoms with E-state index in [1.165, 1.54) is 18.6 Å². The molecule has 0 bridgehead atoms. The highest BCUT2D eigenvalue weighted by molar-refractivity contribution is 6.65. The van der Waals surface area contributed by atoms with Crippen molar-refractivity contribution in [2.45, 2.75) is 64.6 Å². The van der Waals surface area contributed by atoms with Crippen LogP contribution in [0.1, 0.15) is 50.2 Å². The topological polar surface area (TPSA) is 120 Å². The van der Waals surface area contributed by atoms with E-state index in [1.54, 1.807) is 0 Å². The molecular formula is C26H36BN5O5. The second-order valence-electron chi connectivity index (χ2n) is 10.8. The number of aromatic nitrogens is 2. The first-order valence-electron chi connectivity index (χ1n) is 12.9. The number of likely N-dealkylation sites (N-methyl/N-ethyl adjacent to an activating group) is 1. The first-order valence-corrected chi connectivity index (χ1v) is 12.9. The molecule has 2 fully saturated rings. The number of quaternary nitrogens is 1. The molecule has 10 nitrogen and oxygen atoms in total. The van der Waals surface area contributed by atoms with Gasteiger partial charge in [0.2, 0.25) is 5.91 Å². The van der Waals surface area contributed by atoms with Crippen LogP contribution in [0.2, 0.25) is 0 Å². The van der Waals surface area contributed by atoms with Crippen molar-refractivity contribution < 1.29 is 28.1 Å². The predicted molar refractivity (Wildman–Crippen MR) is 138 cm³/mol. The fourth-order valence-electron chi connectivity index (χ4n) is 5.71. The number of hydrogen-bond acceptors (Lipinski definition) is 7. The molecule has 1 aromatic heterocycles. The van der Waals surface area contributed by atoms with Crippen molar-refractivity contribution in [3.8, 4) is 0 Å². The summed E-state index contributed by atoms with van der Waals surface area (Å²) in [7, 11) is 1.98. The smallest absolute Gasteiger partial charge is 0.549 e. The lowest BCUT2D eigenvalue weighted by Gasteiger charge is -2.51. The van der Waals surface area contributed by atoms with E-state index in [-0.39, 0.29) is 40.3 Å². The highest BCUT2D eigenvalue weighted by atomic mass is 16.7. The van der Waals surface area contributed by atoms with Crippen LogP contribution >= 0.6 is 0 Å². The van der Waals surface area contributed by atoms with E-state index >= 15 is 0 Å². The van der Waals surface area contributed by atoms with Gasteiger partial charge in [-0.15, -0.1) is 0 Å². The molecule has 37 heavy (non-hydrogen) atoms. The highest BCUT2D eigenvalue weighted by Gasteiger charge is 2.70. The molecule has 4 rings (SSSR count). The summed E-state index contributed by atoms with van der Waals surface area (Å²) in [6.07, 6.45) is 5.07. The molecule has 11 heteroatoms. The fraction of sp³-hybridized carbons (Fsp3) is 0.500. The Morgan fingerprint density at radius 1 is 1.16 bits per heavy atom. The summed E-state index contributed by atoms with van der Waals surface area (Å²) in [5, 5.41) is 5.96. The van der Waals surface area contributed by atoms with Crippen molar-refractivity contribution in [1.29, 1.82) is 0 Å². The Kier molecular flexibility index (Phi) is 7.65. The average Bonchev–Trinajstić information content (AvgIpc) is 3.25. The second kappa shape index (κ2) is 10.6. The van der Waals surface area contributed by atoms with E-state index in [2.05, 4.69) is 20.6 Å². The maximum absolute atomic E-state index is 13.8. The zero-order valence-electron chi connectivity index (χ0n) is 22.1. The molecule has 2 amide bonds. The van der Waals surface area contributed by atoms with Crippen LogP contribution in [0.3, 0.4) is 0 Å². The van der Waals surface area contributed by atoms with E-state index in [1.807, 2.05) is 65.1 Å². The summed E-state index contributed by atoms with van der Waals surface area (Å²) in [6, 6.07) is 8.17. The summed E-state index contributed by atoms with van der Waals surface area (Å²) in [4.78, 5) is 47.6. The SMILES string of the molecule is CC(C)C[C@H](NC(=O)[C@H](Cc1ccccc1)NC(=O)c1cnccn1)[B-]12OC[C@H](C)[N+]1(C)[C@H](C)C(=O)O2. The normalized spacial score (nSPS) is 28.3. The Labute approximate surface area is 217 Å². The zero-order valence-corrected chi connectivity index (χ0v) is 22.1. The zero-order chi connectivity index (χ0) is 26.8. The standard InChI is InChI=1S/C26H36BN5O5/c1-17(2)13-23(27-32(5,18(3)16-36-27)19(4)26(35)37-27)31-24(33)21(14-20-9-7-6-8-10-20)30-25(34)22-15-28-11-12-29-22/h6-12,15,17-19,21,23H,13-14,16H2,1-5H3,(H,30,34)(H,31,33)/t18-,19+,21-,23-,27?,32?/m0/s1. The Morgan fingerprint density at radius 3 is 2.54 bits per heavy atom. The van der Waals surface area contributed by atoms with Crippen molar-refractivity contribution in [2.75, 3.05) is 13.7 Å². The third-order valence-electron chi connectivity index (χ3n) is 8.02. The minimum absolute atomic E-state index is 0.0180. The number of carbonyl (C=O) groups is 3. The minimum atomic E-state index is -2.22. The molecule has 2 aliphatic heterocycles. The molecule has 2 N–H and O–H groups in total. The molecule has 6 atom stereocenters. The van der Waals surface area contributed by atoms with Gasteiger partial charge >= 0.3 is 12.7 Å². The van der Waals surface area contributed by atoms with Crippen LogP contribution in [0, 0.1) is 5.92 Å². The van der Waals surface area contributed by atoms with Crippen LogP contribution < -0.4 is 10.6 Å². The van der Waals surface area contributed by atoms with E-state index in [4.69, 9.17) is 9.31 Å².